The summed E-state index contributed by atoms with van der Waals surface area (Å²) in [5.74, 6) is -1.01. The normalized spacial score (nSPS) is 12.4. The Bertz CT molecular complexity index is 973. The van der Waals surface area contributed by atoms with E-state index in [0.717, 1.165) is 33.6 Å². The summed E-state index contributed by atoms with van der Waals surface area (Å²) in [6.45, 7) is 9.69. The van der Waals surface area contributed by atoms with Crippen molar-refractivity contribution in [1.82, 2.24) is 9.88 Å². The van der Waals surface area contributed by atoms with Crippen LogP contribution in [0.25, 0.3) is 0 Å². The number of carbonyl (C=O) groups excluding carboxylic acids is 1. The molecule has 1 aromatic heterocycles. The van der Waals surface area contributed by atoms with Gasteiger partial charge in [0, 0.05) is 47.6 Å². The first-order valence-electron chi connectivity index (χ1n) is 10.7. The van der Waals surface area contributed by atoms with Gasteiger partial charge in [0.2, 0.25) is 0 Å². The molecule has 2 N–H and O–H groups in total. The number of para-hydroxylation sites is 1. The van der Waals surface area contributed by atoms with Crippen LogP contribution in [0.5, 0.6) is 0 Å². The first-order valence-corrected chi connectivity index (χ1v) is 12.5. The van der Waals surface area contributed by atoms with E-state index in [4.69, 9.17) is 10.2 Å². The maximum atomic E-state index is 13.1. The average Bonchev–Trinajstić information content (AvgIpc) is 2.78. The lowest BCUT2D eigenvalue weighted by Crippen LogP contribution is -2.39. The number of hydrogen-bond donors (Lipinski definition) is 2. The van der Waals surface area contributed by atoms with Gasteiger partial charge in [-0.1, -0.05) is 35.7 Å². The van der Waals surface area contributed by atoms with Gasteiger partial charge in [-0.25, -0.2) is 14.6 Å². The smallest absolute Gasteiger partial charge is 0.328 e. The van der Waals surface area contributed by atoms with E-state index in [0.29, 0.717) is 24.2 Å². The van der Waals surface area contributed by atoms with Crippen LogP contribution in [0, 0.1) is 0 Å². The highest BCUT2D eigenvalue weighted by atomic mass is 32.2. The molecule has 0 atom stereocenters. The maximum absolute atomic E-state index is 13.1. The number of aromatic nitrogens is 1. The number of aliphatic carboxylic acids is 2. The van der Waals surface area contributed by atoms with Gasteiger partial charge < -0.3 is 10.2 Å². The topological polar surface area (TPSA) is 111 Å². The highest BCUT2D eigenvalue weighted by Crippen LogP contribution is 2.47. The predicted molar refractivity (Wildman–Crippen MR) is 136 cm³/mol. The van der Waals surface area contributed by atoms with E-state index >= 15 is 0 Å². The number of nitrogens with zero attached hydrogens (tertiary/aromatic N) is 3. The number of carboxylic acid groups (broad SMARTS) is 2. The molecule has 8 nitrogen and oxygen atoms in total. The van der Waals surface area contributed by atoms with Gasteiger partial charge in [-0.15, -0.1) is 0 Å². The molecule has 0 bridgehead atoms. The standard InChI is InChI=1S/C20H25N3OS2.C4H4O4/c1-14(2)22(15(3)4)12-13-25-20(24)23-16-8-5-6-9-17(16)26-18-10-7-11-21-19(18)23;5-3(6)1-2-4(7)8/h5-11,14-15H,12-13H2,1-4H3;1-2H,(H,5,6)(H,7,8)/b;2-1+. The molecule has 0 radical (unpaired) electrons. The van der Waals surface area contributed by atoms with Crippen LogP contribution in [-0.4, -0.2) is 61.7 Å². The number of carboxylic acids is 2. The van der Waals surface area contributed by atoms with Crippen molar-refractivity contribution in [3.05, 3.63) is 54.7 Å². The van der Waals surface area contributed by atoms with Crippen molar-refractivity contribution in [2.75, 3.05) is 17.2 Å². The largest absolute Gasteiger partial charge is 0.478 e. The van der Waals surface area contributed by atoms with Gasteiger partial charge in [0.25, 0.3) is 5.24 Å². The van der Waals surface area contributed by atoms with Crippen molar-refractivity contribution >= 4 is 52.2 Å². The average molecular weight is 504 g/mol. The van der Waals surface area contributed by atoms with Crippen LogP contribution in [0.3, 0.4) is 0 Å². The molecule has 1 aliphatic heterocycles. The first kappa shape index (κ1) is 27.4. The lowest BCUT2D eigenvalue weighted by Gasteiger charge is -2.31. The quantitative estimate of drug-likeness (QED) is 0.482. The lowest BCUT2D eigenvalue weighted by atomic mass is 10.2. The Morgan fingerprint density at radius 2 is 1.59 bits per heavy atom. The van der Waals surface area contributed by atoms with Crippen molar-refractivity contribution in [1.29, 1.82) is 0 Å². The third-order valence-electron chi connectivity index (χ3n) is 4.74. The number of benzene rings is 1. The molecule has 0 unspecified atom stereocenters. The summed E-state index contributed by atoms with van der Waals surface area (Å²) in [7, 11) is 0. The Hall–Kier alpha value is -2.82. The number of anilines is 2. The first-order chi connectivity index (χ1) is 16.1. The number of fused-ring (bicyclic) bond motifs is 2. The zero-order chi connectivity index (χ0) is 25.3. The molecule has 0 fully saturated rings. The molecule has 2 aromatic rings. The Balaban J connectivity index is 0.000000440. The molecule has 10 heteroatoms. The summed E-state index contributed by atoms with van der Waals surface area (Å²) in [6.07, 6.45) is 2.86. The number of carbonyl (C=O) groups is 3. The minimum atomic E-state index is -1.26. The van der Waals surface area contributed by atoms with Crippen LogP contribution in [0.1, 0.15) is 27.7 Å². The zero-order valence-electron chi connectivity index (χ0n) is 19.5. The second-order valence-electron chi connectivity index (χ2n) is 7.78. The molecule has 1 aliphatic rings. The molecule has 1 aromatic carbocycles. The Morgan fingerprint density at radius 3 is 2.18 bits per heavy atom. The minimum Gasteiger partial charge on any atom is -0.478 e. The maximum Gasteiger partial charge on any atom is 0.328 e. The van der Waals surface area contributed by atoms with Crippen molar-refractivity contribution in [3.63, 3.8) is 0 Å². The molecule has 0 spiro atoms. The molecular formula is C24H29N3O5S2. The van der Waals surface area contributed by atoms with Gasteiger partial charge in [-0.2, -0.15) is 0 Å². The fourth-order valence-electron chi connectivity index (χ4n) is 3.33. The van der Waals surface area contributed by atoms with Crippen molar-refractivity contribution in [3.8, 4) is 0 Å². The molecular weight excluding hydrogens is 474 g/mol. The number of rotatable bonds is 7. The number of amides is 1. The fraction of sp³-hybridized carbons (Fsp3) is 0.333. The van der Waals surface area contributed by atoms with Crippen LogP contribution in [0.4, 0.5) is 16.3 Å². The number of hydrogen-bond acceptors (Lipinski definition) is 7. The predicted octanol–water partition coefficient (Wildman–Crippen LogP) is 5.37. The fourth-order valence-corrected chi connectivity index (χ4v) is 5.15. The van der Waals surface area contributed by atoms with E-state index in [2.05, 4.69) is 43.6 Å². The second kappa shape index (κ2) is 13.2. The van der Waals surface area contributed by atoms with Gasteiger partial charge in [-0.05, 0) is 52.0 Å². The molecule has 2 heterocycles. The van der Waals surface area contributed by atoms with Gasteiger partial charge in [0.1, 0.15) is 0 Å². The van der Waals surface area contributed by atoms with Crippen LogP contribution in [0.2, 0.25) is 0 Å². The summed E-state index contributed by atoms with van der Waals surface area (Å²) < 4.78 is 0. The van der Waals surface area contributed by atoms with Crippen molar-refractivity contribution < 1.29 is 24.6 Å². The molecule has 182 valence electrons. The molecule has 0 aliphatic carbocycles. The molecule has 3 rings (SSSR count). The molecule has 1 amide bonds. The van der Waals surface area contributed by atoms with Gasteiger partial charge in [0.15, 0.2) is 5.82 Å². The number of pyridine rings is 1. The molecule has 0 saturated carbocycles. The monoisotopic (exact) mass is 503 g/mol. The summed E-state index contributed by atoms with van der Waals surface area (Å²) >= 11 is 3.04. The lowest BCUT2D eigenvalue weighted by molar-refractivity contribution is -0.134. The Labute approximate surface area is 208 Å². The van der Waals surface area contributed by atoms with Crippen LogP contribution in [-0.2, 0) is 9.59 Å². The summed E-state index contributed by atoms with van der Waals surface area (Å²) in [6, 6.07) is 12.9. The van der Waals surface area contributed by atoms with E-state index in [9.17, 15) is 14.4 Å². The van der Waals surface area contributed by atoms with E-state index in [1.807, 2.05) is 30.3 Å². The SMILES string of the molecule is CC(C)N(CCSC(=O)N1c2ccccc2Sc2cccnc21)C(C)C.O=C(O)/C=C/C(=O)O. The summed E-state index contributed by atoms with van der Waals surface area (Å²) in [5, 5.41) is 15.7. The third-order valence-corrected chi connectivity index (χ3v) is 6.66. The van der Waals surface area contributed by atoms with Gasteiger partial charge in [0.05, 0.1) is 10.6 Å². The van der Waals surface area contributed by atoms with E-state index in [1.165, 1.54) is 11.8 Å². The highest BCUT2D eigenvalue weighted by molar-refractivity contribution is 8.14. The van der Waals surface area contributed by atoms with E-state index < -0.39 is 11.9 Å². The van der Waals surface area contributed by atoms with E-state index in [1.54, 1.807) is 22.9 Å². The summed E-state index contributed by atoms with van der Waals surface area (Å²) in [4.78, 5) is 42.9. The van der Waals surface area contributed by atoms with Crippen LogP contribution in [0.15, 0.2) is 64.5 Å². The Kier molecular flexibility index (Phi) is 10.6. The molecule has 34 heavy (non-hydrogen) atoms. The van der Waals surface area contributed by atoms with Crippen LogP contribution < -0.4 is 4.90 Å². The minimum absolute atomic E-state index is 0.0326. The number of thioether (sulfide) groups is 1. The zero-order valence-corrected chi connectivity index (χ0v) is 21.2. The molecule has 0 saturated heterocycles. The van der Waals surface area contributed by atoms with Gasteiger partial charge in [-0.3, -0.25) is 14.6 Å². The van der Waals surface area contributed by atoms with Gasteiger partial charge >= 0.3 is 11.9 Å². The summed E-state index contributed by atoms with van der Waals surface area (Å²) in [5.41, 5.74) is 0.922. The highest BCUT2D eigenvalue weighted by Gasteiger charge is 2.29. The van der Waals surface area contributed by atoms with Crippen molar-refractivity contribution in [2.45, 2.75) is 49.6 Å². The Morgan fingerprint density at radius 1 is 1.00 bits per heavy atom. The van der Waals surface area contributed by atoms with E-state index in [-0.39, 0.29) is 5.24 Å². The van der Waals surface area contributed by atoms with Crippen molar-refractivity contribution in [2.24, 2.45) is 0 Å². The second-order valence-corrected chi connectivity index (χ2v) is 9.91. The third kappa shape index (κ3) is 7.89. The van der Waals surface area contributed by atoms with Crippen LogP contribution >= 0.6 is 23.5 Å².